The molecule has 1 atom stereocenters. The molecule has 36 heavy (non-hydrogen) atoms. The van der Waals surface area contributed by atoms with Crippen molar-refractivity contribution < 1.29 is 13.2 Å². The second-order valence-corrected chi connectivity index (χ2v) is 12.6. The van der Waals surface area contributed by atoms with E-state index >= 15 is 0 Å². The number of aromatic nitrogens is 1. The number of benzene rings is 2. The number of anilines is 1. The van der Waals surface area contributed by atoms with Crippen molar-refractivity contribution in [3.05, 3.63) is 54.1 Å². The van der Waals surface area contributed by atoms with Gasteiger partial charge in [0.25, 0.3) is 5.91 Å². The molecule has 0 spiro atoms. The molecule has 1 N–H and O–H groups in total. The summed E-state index contributed by atoms with van der Waals surface area (Å²) in [5.74, 6) is 0.188. The van der Waals surface area contributed by atoms with Gasteiger partial charge in [-0.3, -0.25) is 9.69 Å². The van der Waals surface area contributed by atoms with Crippen LogP contribution in [-0.2, 0) is 10.0 Å². The van der Waals surface area contributed by atoms with Crippen LogP contribution in [-0.4, -0.2) is 80.9 Å². The predicted molar refractivity (Wildman–Crippen MR) is 144 cm³/mol. The van der Waals surface area contributed by atoms with E-state index in [1.165, 1.54) is 4.70 Å². The minimum atomic E-state index is -3.51. The van der Waals surface area contributed by atoms with Gasteiger partial charge in [-0.15, -0.1) is 0 Å². The number of carbonyl (C=O) groups is 1. The van der Waals surface area contributed by atoms with Crippen molar-refractivity contribution in [3.8, 4) is 0 Å². The Morgan fingerprint density at radius 2 is 1.81 bits per heavy atom. The van der Waals surface area contributed by atoms with Crippen molar-refractivity contribution in [2.45, 2.75) is 24.7 Å². The fraction of sp³-hybridized carbons (Fsp3) is 0.462. The summed E-state index contributed by atoms with van der Waals surface area (Å²) in [5, 5.41) is 4.04. The van der Waals surface area contributed by atoms with Crippen molar-refractivity contribution in [3.63, 3.8) is 0 Å². The molecule has 8 nitrogen and oxygen atoms in total. The minimum absolute atomic E-state index is 0.182. The lowest BCUT2D eigenvalue weighted by Gasteiger charge is -2.34. The summed E-state index contributed by atoms with van der Waals surface area (Å²) in [5.41, 5.74) is 1.52. The van der Waals surface area contributed by atoms with Crippen molar-refractivity contribution in [2.75, 3.05) is 57.3 Å². The molecule has 0 aliphatic carbocycles. The Morgan fingerprint density at radius 3 is 2.53 bits per heavy atom. The van der Waals surface area contributed by atoms with Gasteiger partial charge in [-0.25, -0.2) is 13.4 Å². The first-order chi connectivity index (χ1) is 17.4. The van der Waals surface area contributed by atoms with Crippen LogP contribution in [0.25, 0.3) is 10.2 Å². The maximum Gasteiger partial charge on any atom is 0.251 e. The number of hydrogen-bond acceptors (Lipinski definition) is 7. The van der Waals surface area contributed by atoms with Crippen LogP contribution in [0.1, 0.15) is 30.1 Å². The number of para-hydroxylation sites is 1. The van der Waals surface area contributed by atoms with Gasteiger partial charge in [0.15, 0.2) is 5.13 Å². The minimum Gasteiger partial charge on any atom is -0.351 e. The molecule has 5 rings (SSSR count). The molecule has 3 aromatic rings. The average Bonchev–Trinajstić information content (AvgIpc) is 3.33. The zero-order chi connectivity index (χ0) is 25.1. The standard InChI is InChI=1S/C26H33N5O3S2/c1-20-5-4-13-31(19-20)36(33,34)22-10-8-21(9-11-22)25(32)27-12-14-29-15-17-30(18-16-29)26-28-23-6-2-3-7-24(23)35-26/h2-3,6-11,20H,4-5,12-19H2,1H3,(H,27,32). The zero-order valence-corrected chi connectivity index (χ0v) is 22.2. The summed E-state index contributed by atoms with van der Waals surface area (Å²) < 4.78 is 28.6. The molecule has 2 saturated heterocycles. The van der Waals surface area contributed by atoms with E-state index in [1.54, 1.807) is 39.9 Å². The summed E-state index contributed by atoms with van der Waals surface area (Å²) in [4.78, 5) is 22.3. The van der Waals surface area contributed by atoms with Crippen molar-refractivity contribution >= 4 is 42.6 Å². The fourth-order valence-electron chi connectivity index (χ4n) is 4.88. The highest BCUT2D eigenvalue weighted by Gasteiger charge is 2.28. The molecule has 2 aliphatic heterocycles. The molecular weight excluding hydrogens is 494 g/mol. The Bertz CT molecular complexity index is 1270. The average molecular weight is 528 g/mol. The van der Waals surface area contributed by atoms with Crippen molar-refractivity contribution in [1.29, 1.82) is 0 Å². The van der Waals surface area contributed by atoms with Crippen LogP contribution in [0.4, 0.5) is 5.13 Å². The number of carbonyl (C=O) groups excluding carboxylic acids is 1. The predicted octanol–water partition coefficient (Wildman–Crippen LogP) is 3.27. The molecule has 3 heterocycles. The number of nitrogens with one attached hydrogen (secondary N) is 1. The van der Waals surface area contributed by atoms with Crippen molar-refractivity contribution in [1.82, 2.24) is 19.5 Å². The molecule has 2 aliphatic rings. The van der Waals surface area contributed by atoms with E-state index in [0.717, 1.165) is 56.2 Å². The maximum atomic E-state index is 12.9. The highest BCUT2D eigenvalue weighted by atomic mass is 32.2. The van der Waals surface area contributed by atoms with E-state index in [2.05, 4.69) is 34.2 Å². The lowest BCUT2D eigenvalue weighted by Crippen LogP contribution is -2.48. The molecule has 1 amide bonds. The summed E-state index contributed by atoms with van der Waals surface area (Å²) >= 11 is 1.73. The topological polar surface area (TPSA) is 85.8 Å². The van der Waals surface area contributed by atoms with E-state index in [4.69, 9.17) is 4.98 Å². The van der Waals surface area contributed by atoms with Gasteiger partial charge in [0.1, 0.15) is 0 Å². The summed E-state index contributed by atoms with van der Waals surface area (Å²) in [6, 6.07) is 14.5. The smallest absolute Gasteiger partial charge is 0.251 e. The maximum absolute atomic E-state index is 12.9. The van der Waals surface area contributed by atoms with Gasteiger partial charge in [0.2, 0.25) is 10.0 Å². The molecule has 0 bridgehead atoms. The molecule has 1 unspecified atom stereocenters. The molecular formula is C26H33N5O3S2. The van der Waals surface area contributed by atoms with E-state index < -0.39 is 10.0 Å². The second kappa shape index (κ2) is 10.8. The van der Waals surface area contributed by atoms with Gasteiger partial charge < -0.3 is 10.2 Å². The first-order valence-electron chi connectivity index (χ1n) is 12.6. The Kier molecular flexibility index (Phi) is 7.57. The molecule has 2 fully saturated rings. The largest absolute Gasteiger partial charge is 0.351 e. The third-order valence-corrected chi connectivity index (χ3v) is 9.99. The lowest BCUT2D eigenvalue weighted by atomic mass is 10.0. The Labute approximate surface area is 217 Å². The number of hydrogen-bond donors (Lipinski definition) is 1. The number of fused-ring (bicyclic) bond motifs is 1. The van der Waals surface area contributed by atoms with Crippen LogP contribution >= 0.6 is 11.3 Å². The molecule has 0 saturated carbocycles. The van der Waals surface area contributed by atoms with E-state index in [-0.39, 0.29) is 10.8 Å². The first kappa shape index (κ1) is 25.1. The number of sulfonamides is 1. The summed E-state index contributed by atoms with van der Waals surface area (Å²) in [7, 11) is -3.51. The fourth-order valence-corrected chi connectivity index (χ4v) is 7.50. The van der Waals surface area contributed by atoms with Crippen molar-refractivity contribution in [2.24, 2.45) is 5.92 Å². The third-order valence-electron chi connectivity index (χ3n) is 7.01. The summed E-state index contributed by atoms with van der Waals surface area (Å²) in [6.45, 7) is 8.20. The molecule has 2 aromatic carbocycles. The number of nitrogens with zero attached hydrogens (tertiary/aromatic N) is 4. The highest BCUT2D eigenvalue weighted by Crippen LogP contribution is 2.29. The lowest BCUT2D eigenvalue weighted by molar-refractivity contribution is 0.0947. The number of piperidine rings is 1. The Balaban J connectivity index is 1.08. The van der Waals surface area contributed by atoms with E-state index in [1.807, 2.05) is 12.1 Å². The quantitative estimate of drug-likeness (QED) is 0.508. The molecule has 192 valence electrons. The molecule has 10 heteroatoms. The van der Waals surface area contributed by atoms with Gasteiger partial charge in [-0.2, -0.15) is 4.31 Å². The van der Waals surface area contributed by atoms with Crippen LogP contribution in [0.5, 0.6) is 0 Å². The SMILES string of the molecule is CC1CCCN(S(=O)(=O)c2ccc(C(=O)NCCN3CCN(c4nc5ccccc5s4)CC3)cc2)C1. The van der Waals surface area contributed by atoms with Gasteiger partial charge >= 0.3 is 0 Å². The monoisotopic (exact) mass is 527 g/mol. The normalized spacial score (nSPS) is 20.0. The van der Waals surface area contributed by atoms with Gasteiger partial charge in [0, 0.05) is 57.9 Å². The molecule has 0 radical (unpaired) electrons. The summed E-state index contributed by atoms with van der Waals surface area (Å²) in [6.07, 6.45) is 1.95. The van der Waals surface area contributed by atoms with Crippen LogP contribution in [0, 0.1) is 5.92 Å². The van der Waals surface area contributed by atoms with Gasteiger partial charge in [-0.05, 0) is 55.2 Å². The third kappa shape index (κ3) is 5.56. The van der Waals surface area contributed by atoms with Crippen LogP contribution in [0.15, 0.2) is 53.4 Å². The Hall–Kier alpha value is -2.53. The van der Waals surface area contributed by atoms with Gasteiger partial charge in [0.05, 0.1) is 15.1 Å². The highest BCUT2D eigenvalue weighted by molar-refractivity contribution is 7.89. The van der Waals surface area contributed by atoms with Crippen LogP contribution in [0.3, 0.4) is 0 Å². The number of thiazole rings is 1. The van der Waals surface area contributed by atoms with Crippen LogP contribution in [0.2, 0.25) is 0 Å². The van der Waals surface area contributed by atoms with Crippen LogP contribution < -0.4 is 10.2 Å². The first-order valence-corrected chi connectivity index (χ1v) is 14.9. The zero-order valence-electron chi connectivity index (χ0n) is 20.6. The number of rotatable bonds is 7. The number of amides is 1. The number of piperazine rings is 1. The van der Waals surface area contributed by atoms with Gasteiger partial charge in [-0.1, -0.05) is 30.4 Å². The second-order valence-electron chi connectivity index (χ2n) is 9.68. The Morgan fingerprint density at radius 1 is 1.06 bits per heavy atom. The molecule has 1 aromatic heterocycles. The van der Waals surface area contributed by atoms with E-state index in [0.29, 0.717) is 31.1 Å². The van der Waals surface area contributed by atoms with E-state index in [9.17, 15) is 13.2 Å².